The first kappa shape index (κ1) is 23.9. The molecule has 1 aliphatic heterocycles. The molecule has 3 rings (SSSR count). The normalized spacial score (nSPS) is 14.8. The Labute approximate surface area is 200 Å². The van der Waals surface area contributed by atoms with E-state index in [4.69, 9.17) is 26.8 Å². The number of carboxylic acid groups (broad SMARTS) is 2. The second-order valence-corrected chi connectivity index (χ2v) is 7.76. The van der Waals surface area contributed by atoms with Crippen molar-refractivity contribution in [2.75, 3.05) is 18.6 Å². The third-order valence-electron chi connectivity index (χ3n) is 4.39. The summed E-state index contributed by atoms with van der Waals surface area (Å²) in [6, 6.07) is 8.45. The number of carbonyl (C=O) groups is 4. The van der Waals surface area contributed by atoms with Gasteiger partial charge >= 0.3 is 11.9 Å². The lowest BCUT2D eigenvalue weighted by atomic mass is 10.1. The first-order valence-corrected chi connectivity index (χ1v) is 10.3. The Morgan fingerprint density at radius 3 is 2.55 bits per heavy atom. The minimum absolute atomic E-state index is 0.0602. The molecule has 1 aliphatic rings. The number of carbonyl (C=O) groups excluding carboxylic acids is 2. The number of aromatic carboxylic acids is 1. The maximum absolute atomic E-state index is 13.2. The summed E-state index contributed by atoms with van der Waals surface area (Å²) in [5.74, 6) is -3.55. The highest BCUT2D eigenvalue weighted by atomic mass is 79.9. The summed E-state index contributed by atoms with van der Waals surface area (Å²) in [4.78, 5) is 48.8. The molecule has 3 N–H and O–H groups in total. The number of aliphatic carboxylic acids is 1. The van der Waals surface area contributed by atoms with Crippen LogP contribution in [0.1, 0.15) is 15.9 Å². The highest BCUT2D eigenvalue weighted by Gasteiger charge is 2.35. The smallest absolute Gasteiger partial charge is 0.341 e. The van der Waals surface area contributed by atoms with Gasteiger partial charge in [0.25, 0.3) is 11.8 Å². The van der Waals surface area contributed by atoms with E-state index in [0.29, 0.717) is 10.0 Å². The number of nitrogens with zero attached hydrogens (tertiary/aromatic N) is 1. The first-order valence-electron chi connectivity index (χ1n) is 9.09. The van der Waals surface area contributed by atoms with Crippen LogP contribution in [0.5, 0.6) is 11.5 Å². The molecular formula is C21H15BrN2O8S. The van der Waals surface area contributed by atoms with E-state index in [1.165, 1.54) is 49.6 Å². The molecule has 1 saturated heterocycles. The molecule has 0 aliphatic carbocycles. The zero-order valence-electron chi connectivity index (χ0n) is 16.8. The summed E-state index contributed by atoms with van der Waals surface area (Å²) in [5, 5.41) is 20.2. The van der Waals surface area contributed by atoms with Crippen molar-refractivity contribution in [1.82, 2.24) is 5.32 Å². The standard InChI is InChI=1S/C21H15BrN2O8S/c1-31-15-7-11(14(22)8-16(15)32-9-17(25)26)6-13-18(27)23-21(33)24(19(13)28)12-4-2-3-10(5-12)20(29)30/h2-8H,9H2,1H3,(H,25,26)(H,29,30)(H,23,27,33)/b13-6+. The van der Waals surface area contributed by atoms with Crippen LogP contribution in [-0.4, -0.2) is 52.8 Å². The second-order valence-electron chi connectivity index (χ2n) is 6.52. The van der Waals surface area contributed by atoms with Gasteiger partial charge in [0.05, 0.1) is 18.4 Å². The van der Waals surface area contributed by atoms with Gasteiger partial charge < -0.3 is 19.7 Å². The monoisotopic (exact) mass is 534 g/mol. The zero-order valence-corrected chi connectivity index (χ0v) is 19.2. The summed E-state index contributed by atoms with van der Waals surface area (Å²) < 4.78 is 10.8. The third-order valence-corrected chi connectivity index (χ3v) is 5.36. The fraction of sp³-hybridized carbons (Fsp3) is 0.0952. The van der Waals surface area contributed by atoms with Crippen molar-refractivity contribution in [2.24, 2.45) is 0 Å². The molecule has 2 amide bonds. The van der Waals surface area contributed by atoms with Gasteiger partial charge in [-0.05, 0) is 54.2 Å². The molecule has 2 aromatic carbocycles. The third kappa shape index (κ3) is 5.18. The summed E-state index contributed by atoms with van der Waals surface area (Å²) >= 11 is 8.43. The zero-order chi connectivity index (χ0) is 24.3. The van der Waals surface area contributed by atoms with E-state index in [0.717, 1.165) is 4.90 Å². The van der Waals surface area contributed by atoms with Crippen LogP contribution in [0.4, 0.5) is 5.69 Å². The van der Waals surface area contributed by atoms with Crippen molar-refractivity contribution in [3.8, 4) is 11.5 Å². The number of methoxy groups -OCH3 is 1. The Hall–Kier alpha value is -3.77. The quantitative estimate of drug-likeness (QED) is 0.277. The summed E-state index contributed by atoms with van der Waals surface area (Å²) in [5.41, 5.74) is 0.200. The molecule has 170 valence electrons. The van der Waals surface area contributed by atoms with Crippen LogP contribution < -0.4 is 19.7 Å². The Morgan fingerprint density at radius 1 is 1.18 bits per heavy atom. The minimum Gasteiger partial charge on any atom is -0.493 e. The van der Waals surface area contributed by atoms with Crippen molar-refractivity contribution >= 4 is 68.8 Å². The first-order chi connectivity index (χ1) is 15.6. The molecule has 0 radical (unpaired) electrons. The van der Waals surface area contributed by atoms with E-state index in [1.54, 1.807) is 0 Å². The second kappa shape index (κ2) is 9.79. The number of hydrogen-bond acceptors (Lipinski definition) is 7. The van der Waals surface area contributed by atoms with Gasteiger partial charge in [0.2, 0.25) is 0 Å². The lowest BCUT2D eigenvalue weighted by molar-refractivity contribution is -0.139. The molecular weight excluding hydrogens is 520 g/mol. The molecule has 0 spiro atoms. The molecule has 12 heteroatoms. The Balaban J connectivity index is 2.02. The van der Waals surface area contributed by atoms with Crippen molar-refractivity contribution in [3.05, 3.63) is 57.6 Å². The Morgan fingerprint density at radius 2 is 1.91 bits per heavy atom. The van der Waals surface area contributed by atoms with Gasteiger partial charge in [-0.15, -0.1) is 0 Å². The maximum atomic E-state index is 13.2. The number of anilines is 1. The lowest BCUT2D eigenvalue weighted by Crippen LogP contribution is -2.54. The van der Waals surface area contributed by atoms with Gasteiger partial charge in [-0.25, -0.2) is 9.59 Å². The van der Waals surface area contributed by atoms with Crippen molar-refractivity contribution < 1.29 is 38.9 Å². The average molecular weight is 535 g/mol. The van der Waals surface area contributed by atoms with Crippen molar-refractivity contribution in [1.29, 1.82) is 0 Å². The number of nitrogens with one attached hydrogen (secondary N) is 1. The van der Waals surface area contributed by atoms with Gasteiger partial charge in [0, 0.05) is 4.47 Å². The Bertz CT molecular complexity index is 1230. The van der Waals surface area contributed by atoms with E-state index in [2.05, 4.69) is 21.2 Å². The molecule has 2 aromatic rings. The van der Waals surface area contributed by atoms with Gasteiger partial charge in [-0.3, -0.25) is 19.8 Å². The largest absolute Gasteiger partial charge is 0.493 e. The Kier molecular flexibility index (Phi) is 7.09. The van der Waals surface area contributed by atoms with Crippen molar-refractivity contribution in [3.63, 3.8) is 0 Å². The van der Waals surface area contributed by atoms with Gasteiger partial charge in [-0.1, -0.05) is 22.0 Å². The number of hydrogen-bond donors (Lipinski definition) is 3. The number of benzene rings is 2. The predicted molar refractivity (Wildman–Crippen MR) is 123 cm³/mol. The van der Waals surface area contributed by atoms with E-state index in [9.17, 15) is 24.3 Å². The van der Waals surface area contributed by atoms with Gasteiger partial charge in [0.15, 0.2) is 23.2 Å². The molecule has 0 saturated carbocycles. The maximum Gasteiger partial charge on any atom is 0.341 e. The van der Waals surface area contributed by atoms with Gasteiger partial charge in [-0.2, -0.15) is 0 Å². The number of amides is 2. The van der Waals surface area contributed by atoms with E-state index >= 15 is 0 Å². The highest BCUT2D eigenvalue weighted by Crippen LogP contribution is 2.35. The number of thiocarbonyl (C=S) groups is 1. The average Bonchev–Trinajstić information content (AvgIpc) is 2.76. The molecule has 1 heterocycles. The van der Waals surface area contributed by atoms with Crippen LogP contribution in [0.2, 0.25) is 0 Å². The molecule has 0 bridgehead atoms. The number of ether oxygens (including phenoxy) is 2. The molecule has 1 fully saturated rings. The van der Waals surface area contributed by atoms with E-state index < -0.39 is 30.4 Å². The van der Waals surface area contributed by atoms with Crippen LogP contribution >= 0.6 is 28.1 Å². The SMILES string of the molecule is COc1cc(/C=C2\C(=O)NC(=S)N(c3cccc(C(=O)O)c3)C2=O)c(Br)cc1OCC(=O)O. The van der Waals surface area contributed by atoms with E-state index in [-0.39, 0.29) is 33.4 Å². The minimum atomic E-state index is -1.19. The summed E-state index contributed by atoms with van der Waals surface area (Å²) in [6.07, 6.45) is 1.29. The van der Waals surface area contributed by atoms with Crippen LogP contribution in [0.25, 0.3) is 6.08 Å². The lowest BCUT2D eigenvalue weighted by Gasteiger charge is -2.29. The van der Waals surface area contributed by atoms with E-state index in [1.807, 2.05) is 0 Å². The van der Waals surface area contributed by atoms with Crippen LogP contribution in [-0.2, 0) is 14.4 Å². The molecule has 0 aromatic heterocycles. The fourth-order valence-corrected chi connectivity index (χ4v) is 3.62. The summed E-state index contributed by atoms with van der Waals surface area (Å²) in [7, 11) is 1.35. The van der Waals surface area contributed by atoms with Crippen LogP contribution in [0, 0.1) is 0 Å². The highest BCUT2D eigenvalue weighted by molar-refractivity contribution is 9.10. The fourth-order valence-electron chi connectivity index (χ4n) is 2.90. The van der Waals surface area contributed by atoms with Crippen LogP contribution in [0.3, 0.4) is 0 Å². The van der Waals surface area contributed by atoms with Crippen LogP contribution in [0.15, 0.2) is 46.4 Å². The number of carboxylic acids is 2. The predicted octanol–water partition coefficient (Wildman–Crippen LogP) is 2.45. The van der Waals surface area contributed by atoms with Crippen molar-refractivity contribution in [2.45, 2.75) is 0 Å². The molecule has 0 unspecified atom stereocenters. The number of rotatable bonds is 7. The molecule has 33 heavy (non-hydrogen) atoms. The van der Waals surface area contributed by atoms with Gasteiger partial charge in [0.1, 0.15) is 5.57 Å². The summed E-state index contributed by atoms with van der Waals surface area (Å²) in [6.45, 7) is -0.591. The topological polar surface area (TPSA) is 142 Å². The number of halogens is 1. The molecule has 10 nitrogen and oxygen atoms in total. The molecule has 0 atom stereocenters.